The third-order valence-corrected chi connectivity index (χ3v) is 3.24. The third-order valence-electron chi connectivity index (χ3n) is 1.61. The molecule has 0 unspecified atom stereocenters. The molecule has 1 heterocycles. The van der Waals surface area contributed by atoms with Gasteiger partial charge in [0.05, 0.1) is 15.3 Å². The highest BCUT2D eigenvalue weighted by molar-refractivity contribution is 9.11. The minimum absolute atomic E-state index is 0.190. The Morgan fingerprint density at radius 1 is 1.50 bits per heavy atom. The second kappa shape index (κ2) is 5.01. The fourth-order valence-electron chi connectivity index (χ4n) is 0.905. The zero-order chi connectivity index (χ0) is 12.3. The van der Waals surface area contributed by atoms with Crippen LogP contribution in [0.3, 0.4) is 0 Å². The van der Waals surface area contributed by atoms with E-state index in [1.165, 1.54) is 19.1 Å². The number of halogens is 3. The molecule has 0 aliphatic heterocycles. The highest BCUT2D eigenvalue weighted by Gasteiger charge is 2.49. The topological polar surface area (TPSA) is 43.4 Å². The Kier molecular flexibility index (Phi) is 4.15. The number of hydrogen-bond donors (Lipinski definition) is 0. The van der Waals surface area contributed by atoms with E-state index >= 15 is 0 Å². The first-order valence-electron chi connectivity index (χ1n) is 4.24. The number of ketones is 1. The number of esters is 1. The summed E-state index contributed by atoms with van der Waals surface area (Å²) in [6.07, 6.45) is 0. The van der Waals surface area contributed by atoms with Crippen molar-refractivity contribution >= 4 is 39.0 Å². The SMILES string of the molecule is CCOC(=O)C(F)(F)C(=O)c1ccc(Br)s1. The average Bonchev–Trinajstić information content (AvgIpc) is 2.64. The van der Waals surface area contributed by atoms with Gasteiger partial charge in [-0.25, -0.2) is 4.79 Å². The van der Waals surface area contributed by atoms with Crippen LogP contribution in [0.2, 0.25) is 0 Å². The van der Waals surface area contributed by atoms with Crippen LogP contribution in [0.4, 0.5) is 8.78 Å². The number of alkyl halides is 2. The number of hydrogen-bond acceptors (Lipinski definition) is 4. The second-order valence-corrected chi connectivity index (χ2v) is 5.19. The van der Waals surface area contributed by atoms with Crippen LogP contribution in [-0.4, -0.2) is 24.3 Å². The van der Waals surface area contributed by atoms with Crippen LogP contribution in [0.1, 0.15) is 16.6 Å². The Morgan fingerprint density at radius 2 is 2.12 bits per heavy atom. The van der Waals surface area contributed by atoms with Crippen molar-refractivity contribution in [2.75, 3.05) is 6.61 Å². The van der Waals surface area contributed by atoms with Crippen molar-refractivity contribution in [3.63, 3.8) is 0 Å². The normalized spacial score (nSPS) is 11.2. The van der Waals surface area contributed by atoms with Crippen molar-refractivity contribution in [2.45, 2.75) is 12.8 Å². The maximum Gasteiger partial charge on any atom is 0.405 e. The lowest BCUT2D eigenvalue weighted by Crippen LogP contribution is -2.39. The lowest BCUT2D eigenvalue weighted by Gasteiger charge is -2.11. The molecular formula is C9H7BrF2O3S. The molecule has 0 amide bonds. The summed E-state index contributed by atoms with van der Waals surface area (Å²) in [5.74, 6) is -7.48. The van der Waals surface area contributed by atoms with Gasteiger partial charge in [0.2, 0.25) is 0 Å². The Labute approximate surface area is 103 Å². The number of ether oxygens (including phenoxy) is 1. The molecule has 0 fully saturated rings. The molecule has 0 saturated carbocycles. The molecule has 0 N–H and O–H groups in total. The van der Waals surface area contributed by atoms with E-state index in [0.29, 0.717) is 3.79 Å². The van der Waals surface area contributed by atoms with Crippen LogP contribution in [0, 0.1) is 0 Å². The van der Waals surface area contributed by atoms with E-state index in [9.17, 15) is 18.4 Å². The molecule has 3 nitrogen and oxygen atoms in total. The van der Waals surface area contributed by atoms with E-state index in [0.717, 1.165) is 11.3 Å². The highest BCUT2D eigenvalue weighted by Crippen LogP contribution is 2.28. The van der Waals surface area contributed by atoms with Crippen molar-refractivity contribution in [3.05, 3.63) is 20.8 Å². The van der Waals surface area contributed by atoms with E-state index in [1.807, 2.05) is 0 Å². The third kappa shape index (κ3) is 2.65. The fourth-order valence-corrected chi connectivity index (χ4v) is 2.26. The molecule has 88 valence electrons. The summed E-state index contributed by atoms with van der Waals surface area (Å²) in [4.78, 5) is 22.0. The molecule has 0 radical (unpaired) electrons. The number of carbonyl (C=O) groups is 2. The Hall–Kier alpha value is -0.820. The first kappa shape index (κ1) is 13.2. The molecular weight excluding hydrogens is 306 g/mol. The quantitative estimate of drug-likeness (QED) is 0.488. The molecule has 0 saturated heterocycles. The van der Waals surface area contributed by atoms with Crippen LogP contribution in [0.25, 0.3) is 0 Å². The highest BCUT2D eigenvalue weighted by atomic mass is 79.9. The lowest BCUT2D eigenvalue weighted by atomic mass is 10.2. The first-order valence-corrected chi connectivity index (χ1v) is 5.85. The number of rotatable bonds is 4. The van der Waals surface area contributed by atoms with Gasteiger partial charge in [-0.1, -0.05) is 0 Å². The minimum Gasteiger partial charge on any atom is -0.461 e. The molecule has 1 aromatic heterocycles. The van der Waals surface area contributed by atoms with Crippen LogP contribution >= 0.6 is 27.3 Å². The van der Waals surface area contributed by atoms with Gasteiger partial charge >= 0.3 is 11.9 Å². The van der Waals surface area contributed by atoms with Crippen molar-refractivity contribution in [3.8, 4) is 0 Å². The van der Waals surface area contributed by atoms with Gasteiger partial charge in [-0.3, -0.25) is 4.79 Å². The van der Waals surface area contributed by atoms with Crippen molar-refractivity contribution in [1.29, 1.82) is 0 Å². The summed E-state index contributed by atoms with van der Waals surface area (Å²) >= 11 is 3.88. The van der Waals surface area contributed by atoms with Gasteiger partial charge in [0.1, 0.15) is 0 Å². The summed E-state index contributed by atoms with van der Waals surface area (Å²) in [5, 5.41) is 0. The van der Waals surface area contributed by atoms with Gasteiger partial charge in [0.25, 0.3) is 5.78 Å². The van der Waals surface area contributed by atoms with Crippen molar-refractivity contribution in [1.82, 2.24) is 0 Å². The van der Waals surface area contributed by atoms with Crippen LogP contribution in [-0.2, 0) is 9.53 Å². The molecule has 0 aromatic carbocycles. The maximum atomic E-state index is 13.3. The summed E-state index contributed by atoms with van der Waals surface area (Å²) in [6, 6.07) is 2.68. The molecule has 0 atom stereocenters. The fraction of sp³-hybridized carbons (Fsp3) is 0.333. The molecule has 0 aliphatic rings. The zero-order valence-electron chi connectivity index (χ0n) is 8.13. The maximum absolute atomic E-state index is 13.3. The molecule has 1 rings (SSSR count). The Morgan fingerprint density at radius 3 is 2.56 bits per heavy atom. The lowest BCUT2D eigenvalue weighted by molar-refractivity contribution is -0.164. The van der Waals surface area contributed by atoms with Gasteiger partial charge in [0.15, 0.2) is 0 Å². The first-order chi connectivity index (χ1) is 7.39. The van der Waals surface area contributed by atoms with Gasteiger partial charge in [-0.05, 0) is 35.0 Å². The summed E-state index contributed by atoms with van der Waals surface area (Å²) in [6.45, 7) is 1.19. The van der Waals surface area contributed by atoms with Gasteiger partial charge in [-0.2, -0.15) is 8.78 Å². The molecule has 1 aromatic rings. The second-order valence-electron chi connectivity index (χ2n) is 2.73. The van der Waals surface area contributed by atoms with Crippen LogP contribution in [0.5, 0.6) is 0 Å². The predicted molar refractivity (Wildman–Crippen MR) is 57.9 cm³/mol. The minimum atomic E-state index is -4.12. The summed E-state index contributed by atoms with van der Waals surface area (Å²) < 4.78 is 31.2. The van der Waals surface area contributed by atoms with Crippen LogP contribution < -0.4 is 0 Å². The Bertz CT molecular complexity index is 417. The predicted octanol–water partition coefficient (Wildman–Crippen LogP) is 2.89. The smallest absolute Gasteiger partial charge is 0.405 e. The van der Waals surface area contributed by atoms with Gasteiger partial charge < -0.3 is 4.74 Å². The summed E-state index contributed by atoms with van der Waals surface area (Å²) in [7, 11) is 0. The Balaban J connectivity index is 2.91. The molecule has 16 heavy (non-hydrogen) atoms. The van der Waals surface area contributed by atoms with E-state index in [2.05, 4.69) is 20.7 Å². The molecule has 0 bridgehead atoms. The van der Waals surface area contributed by atoms with Gasteiger partial charge in [-0.15, -0.1) is 11.3 Å². The van der Waals surface area contributed by atoms with E-state index in [4.69, 9.17) is 0 Å². The molecule has 0 aliphatic carbocycles. The zero-order valence-corrected chi connectivity index (χ0v) is 10.5. The van der Waals surface area contributed by atoms with E-state index in [-0.39, 0.29) is 11.5 Å². The average molecular weight is 313 g/mol. The number of thiophene rings is 1. The van der Waals surface area contributed by atoms with Crippen LogP contribution in [0.15, 0.2) is 15.9 Å². The summed E-state index contributed by atoms with van der Waals surface area (Å²) in [5.41, 5.74) is 0. The van der Waals surface area contributed by atoms with Crippen molar-refractivity contribution in [2.24, 2.45) is 0 Å². The van der Waals surface area contributed by atoms with Crippen molar-refractivity contribution < 1.29 is 23.1 Å². The van der Waals surface area contributed by atoms with E-state index in [1.54, 1.807) is 0 Å². The molecule has 7 heteroatoms. The number of Topliss-reactive ketones (excluding diaryl/α,β-unsaturated/α-hetero) is 1. The largest absolute Gasteiger partial charge is 0.461 e. The standard InChI is InChI=1S/C9H7BrF2O3S/c1-2-15-8(14)9(11,12)7(13)5-3-4-6(10)16-5/h3-4H,2H2,1H3. The van der Waals surface area contributed by atoms with Gasteiger partial charge in [0, 0.05) is 0 Å². The number of carbonyl (C=O) groups excluding carboxylic acids is 2. The van der Waals surface area contributed by atoms with E-state index < -0.39 is 17.7 Å². The monoisotopic (exact) mass is 312 g/mol. The molecule has 0 spiro atoms.